The average molecular weight is 569 g/mol. The van der Waals surface area contributed by atoms with Crippen LogP contribution in [-0.4, -0.2) is 24.9 Å². The van der Waals surface area contributed by atoms with E-state index < -0.39 is 15.2 Å². The van der Waals surface area contributed by atoms with Gasteiger partial charge in [0.2, 0.25) is 0 Å². The molecule has 11 nitrogen and oxygen atoms in total. The van der Waals surface area contributed by atoms with Crippen molar-refractivity contribution in [1.82, 2.24) is 0 Å². The summed E-state index contributed by atoms with van der Waals surface area (Å²) in [6, 6.07) is 22.8. The monoisotopic (exact) mass is 568 g/mol. The maximum atomic E-state index is 13.9. The number of ether oxygens (including phenoxy) is 2. The molecule has 0 amide bonds. The van der Waals surface area contributed by atoms with Crippen LogP contribution in [0.2, 0.25) is 0 Å². The molecule has 12 heteroatoms. The molecule has 0 unspecified atom stereocenters. The summed E-state index contributed by atoms with van der Waals surface area (Å²) < 4.78 is 46.2. The van der Waals surface area contributed by atoms with Crippen molar-refractivity contribution in [3.63, 3.8) is 0 Å². The number of carbonyl (C=O) groups is 1. The van der Waals surface area contributed by atoms with Gasteiger partial charge in [-0.3, -0.25) is 14.9 Å². The van der Waals surface area contributed by atoms with Gasteiger partial charge >= 0.3 is 5.69 Å². The number of carbonyl (C=O) groups excluding carboxylic acids is 1. The Morgan fingerprint density at radius 2 is 1.27 bits per heavy atom. The topological polar surface area (TPSA) is 175 Å². The van der Waals surface area contributed by atoms with Gasteiger partial charge in [-0.15, -0.1) is 10.2 Å². The van der Waals surface area contributed by atoms with E-state index in [0.29, 0.717) is 39.6 Å². The van der Waals surface area contributed by atoms with Crippen LogP contribution in [0, 0.1) is 27.3 Å². The van der Waals surface area contributed by atoms with Gasteiger partial charge < -0.3 is 9.47 Å². The number of pyridine rings is 1. The van der Waals surface area contributed by atoms with Crippen molar-refractivity contribution < 1.29 is 52.6 Å². The molecule has 1 aromatic heterocycles. The molecule has 3 aromatic carbocycles. The molecule has 0 aliphatic rings. The second kappa shape index (κ2) is 12.6. The first-order valence-corrected chi connectivity index (χ1v) is 12.8. The predicted molar refractivity (Wildman–Crippen MR) is 133 cm³/mol. The largest absolute Gasteiger partial charge is 0.497 e. The summed E-state index contributed by atoms with van der Waals surface area (Å²) in [4.78, 5) is 26.1. The molecule has 0 spiro atoms. The van der Waals surface area contributed by atoms with Crippen molar-refractivity contribution >= 4 is 11.5 Å². The highest BCUT2D eigenvalue weighted by Crippen LogP contribution is 2.41. The van der Waals surface area contributed by atoms with E-state index in [2.05, 4.69) is 0 Å². The van der Waals surface area contributed by atoms with E-state index in [1.165, 1.54) is 0 Å². The molecule has 40 heavy (non-hydrogen) atoms. The summed E-state index contributed by atoms with van der Waals surface area (Å²) in [6.45, 7) is 1.81. The molecule has 0 N–H and O–H groups in total. The number of halogens is 1. The first kappa shape index (κ1) is 30.2. The minimum atomic E-state index is -4.94. The van der Waals surface area contributed by atoms with Gasteiger partial charge in [-0.25, -0.2) is 18.6 Å². The lowest BCUT2D eigenvalue weighted by atomic mass is 9.89. The first-order valence-electron chi connectivity index (χ1n) is 11.6. The van der Waals surface area contributed by atoms with E-state index in [4.69, 9.17) is 28.1 Å². The number of methoxy groups -OCH3 is 2. The minimum Gasteiger partial charge on any atom is -0.497 e. The summed E-state index contributed by atoms with van der Waals surface area (Å²) >= 11 is 0. The number of benzene rings is 3. The van der Waals surface area contributed by atoms with Crippen LogP contribution in [0.5, 0.6) is 11.5 Å². The molecule has 208 valence electrons. The highest BCUT2D eigenvalue weighted by molar-refractivity contribution is 6.15. The number of ketones is 1. The van der Waals surface area contributed by atoms with Crippen molar-refractivity contribution in [3.8, 4) is 33.9 Å². The number of nitrogens with zero attached hydrogens (tertiary/aromatic N) is 2. The number of rotatable bonds is 7. The normalized spacial score (nSPS) is 10.8. The van der Waals surface area contributed by atoms with Crippen LogP contribution >= 0.6 is 0 Å². The van der Waals surface area contributed by atoms with Gasteiger partial charge in [0, 0.05) is 12.5 Å². The average Bonchev–Trinajstić information content (AvgIpc) is 2.93. The Kier molecular flexibility index (Phi) is 9.53. The van der Waals surface area contributed by atoms with Crippen molar-refractivity contribution in [2.45, 2.75) is 6.92 Å². The SMILES string of the molecule is COc1ccc(C(=O)c2c(-c3ccc(OC)cc3)c([N+](=O)[O-])c(-c3ccccc3)[n+](C)c2C)cc1.[O-][Cl+3]([O-])([O-])[O-]. The lowest BCUT2D eigenvalue weighted by molar-refractivity contribution is -2.00. The Morgan fingerprint density at radius 3 is 1.73 bits per heavy atom. The van der Waals surface area contributed by atoms with Gasteiger partial charge in [0.05, 0.1) is 30.3 Å². The van der Waals surface area contributed by atoms with E-state index in [1.807, 2.05) is 30.3 Å². The Labute approximate surface area is 232 Å². The van der Waals surface area contributed by atoms with Gasteiger partial charge in [0.1, 0.15) is 24.1 Å². The molecule has 0 saturated carbocycles. The molecule has 0 radical (unpaired) electrons. The predicted octanol–water partition coefficient (Wildman–Crippen LogP) is 0.554. The maximum absolute atomic E-state index is 13.9. The second-order valence-electron chi connectivity index (χ2n) is 8.38. The number of aromatic nitrogens is 1. The van der Waals surface area contributed by atoms with Crippen LogP contribution in [0.3, 0.4) is 0 Å². The van der Waals surface area contributed by atoms with E-state index in [9.17, 15) is 14.9 Å². The standard InChI is InChI=1S/C28H25N2O5.ClHO4/c1-18-24(28(31)21-12-16-23(35-4)17-13-21)25(19-10-14-22(34-3)15-11-19)27(30(32)33)26(29(18)2)20-8-6-5-7-9-20;2-1(3,4)5/h5-17H,1-4H3;(H,2,3,4,5)/q+1;/p-1. The van der Waals surface area contributed by atoms with E-state index in [1.54, 1.807) is 81.3 Å². The summed E-state index contributed by atoms with van der Waals surface area (Å²) in [5, 5.41) is 12.6. The van der Waals surface area contributed by atoms with Crippen LogP contribution in [-0.2, 0) is 7.05 Å². The van der Waals surface area contributed by atoms with Gasteiger partial charge in [-0.2, -0.15) is 4.57 Å². The number of nitro groups is 1. The van der Waals surface area contributed by atoms with Crippen LogP contribution < -0.4 is 32.7 Å². The van der Waals surface area contributed by atoms with Gasteiger partial charge in [0.15, 0.2) is 11.5 Å². The molecule has 0 saturated heterocycles. The fraction of sp³-hybridized carbons (Fsp3) is 0.143. The third-order valence-corrected chi connectivity index (χ3v) is 6.10. The zero-order valence-corrected chi connectivity index (χ0v) is 22.7. The quantitative estimate of drug-likeness (QED) is 0.133. The molecular weight excluding hydrogens is 544 g/mol. The molecule has 4 aromatic rings. The molecule has 0 bridgehead atoms. The third kappa shape index (κ3) is 6.97. The van der Waals surface area contributed by atoms with E-state index >= 15 is 0 Å². The molecule has 0 fully saturated rings. The lowest BCUT2D eigenvalue weighted by Gasteiger charge is -2.17. The fourth-order valence-electron chi connectivity index (χ4n) is 4.22. The summed E-state index contributed by atoms with van der Waals surface area (Å²) in [6.07, 6.45) is 0. The van der Waals surface area contributed by atoms with Gasteiger partial charge in [0.25, 0.3) is 5.69 Å². The Hall–Kier alpha value is -4.39. The Balaban J connectivity index is 0.000000810. The molecule has 0 aliphatic heterocycles. The van der Waals surface area contributed by atoms with Crippen LogP contribution in [0.4, 0.5) is 5.69 Å². The maximum Gasteiger partial charge on any atom is 0.349 e. The summed E-state index contributed by atoms with van der Waals surface area (Å²) in [5.74, 6) is 0.916. The van der Waals surface area contributed by atoms with E-state index in [-0.39, 0.29) is 22.6 Å². The van der Waals surface area contributed by atoms with E-state index in [0.717, 1.165) is 0 Å². The zero-order valence-electron chi connectivity index (χ0n) is 22.0. The molecule has 0 atom stereocenters. The second-order valence-corrected chi connectivity index (χ2v) is 9.13. The molecule has 4 rings (SSSR count). The van der Waals surface area contributed by atoms with Gasteiger partial charge in [-0.05, 0) is 54.1 Å². The Morgan fingerprint density at radius 1 is 0.800 bits per heavy atom. The van der Waals surface area contributed by atoms with Gasteiger partial charge in [-0.1, -0.05) is 30.3 Å². The molecular formula is C28H25ClN2O9. The Bertz CT molecular complexity index is 1500. The number of hydrogen-bond donors (Lipinski definition) is 0. The van der Waals surface area contributed by atoms with Crippen LogP contribution in [0.25, 0.3) is 22.4 Å². The molecule has 1 heterocycles. The fourth-order valence-corrected chi connectivity index (χ4v) is 4.22. The van der Waals surface area contributed by atoms with Crippen LogP contribution in [0.15, 0.2) is 78.9 Å². The van der Waals surface area contributed by atoms with Crippen molar-refractivity contribution in [2.24, 2.45) is 7.05 Å². The lowest BCUT2D eigenvalue weighted by Crippen LogP contribution is -2.68. The summed E-state index contributed by atoms with van der Waals surface area (Å²) in [5.41, 5.74) is 3.09. The highest BCUT2D eigenvalue weighted by Gasteiger charge is 2.38. The number of hydrogen-bond acceptors (Lipinski definition) is 9. The molecule has 0 aliphatic carbocycles. The van der Waals surface area contributed by atoms with Crippen molar-refractivity contribution in [2.75, 3.05) is 14.2 Å². The highest BCUT2D eigenvalue weighted by atomic mass is 35.7. The summed E-state index contributed by atoms with van der Waals surface area (Å²) in [7, 11) is -0.0993. The zero-order chi connectivity index (χ0) is 29.6. The van der Waals surface area contributed by atoms with Crippen molar-refractivity contribution in [1.29, 1.82) is 0 Å². The van der Waals surface area contributed by atoms with Crippen LogP contribution in [0.1, 0.15) is 21.6 Å². The third-order valence-electron chi connectivity index (χ3n) is 6.10. The minimum absolute atomic E-state index is 0.133. The first-order chi connectivity index (χ1) is 18.9. The van der Waals surface area contributed by atoms with Crippen molar-refractivity contribution in [3.05, 3.63) is 106 Å². The smallest absolute Gasteiger partial charge is 0.349 e.